The molecule has 0 saturated heterocycles. The smallest absolute Gasteiger partial charge is 0.308 e. The highest BCUT2D eigenvalue weighted by molar-refractivity contribution is 5.98. The lowest BCUT2D eigenvalue weighted by atomic mass is 10.1. The fourth-order valence-electron chi connectivity index (χ4n) is 3.01. The molecule has 8 heteroatoms. The number of para-hydroxylation sites is 2. The highest BCUT2D eigenvalue weighted by Crippen LogP contribution is 2.31. The summed E-state index contributed by atoms with van der Waals surface area (Å²) >= 11 is 0. The second-order valence-corrected chi connectivity index (χ2v) is 6.66. The maximum Gasteiger partial charge on any atom is 0.308 e. The molecule has 3 rings (SSSR count). The van der Waals surface area contributed by atoms with Crippen molar-refractivity contribution in [1.82, 2.24) is 5.32 Å². The van der Waals surface area contributed by atoms with Crippen molar-refractivity contribution in [3.05, 3.63) is 54.1 Å². The number of ether oxygens (including phenoxy) is 3. The van der Waals surface area contributed by atoms with Gasteiger partial charge in [0.1, 0.15) is 11.5 Å². The molecule has 2 amide bonds. The van der Waals surface area contributed by atoms with E-state index in [4.69, 9.17) is 14.2 Å². The van der Waals surface area contributed by atoms with Crippen LogP contribution in [-0.2, 0) is 25.5 Å². The van der Waals surface area contributed by atoms with E-state index in [1.165, 1.54) is 4.90 Å². The third kappa shape index (κ3) is 5.73. The number of amides is 2. The van der Waals surface area contributed by atoms with E-state index in [1.807, 2.05) is 30.3 Å². The molecule has 8 nitrogen and oxygen atoms in total. The molecule has 0 bridgehead atoms. The van der Waals surface area contributed by atoms with Crippen LogP contribution in [0.2, 0.25) is 0 Å². The van der Waals surface area contributed by atoms with E-state index in [-0.39, 0.29) is 38.0 Å². The van der Waals surface area contributed by atoms with Crippen LogP contribution < -0.4 is 19.7 Å². The number of esters is 1. The lowest BCUT2D eigenvalue weighted by Gasteiger charge is -2.28. The van der Waals surface area contributed by atoms with E-state index >= 15 is 0 Å². The number of nitrogens with zero attached hydrogens (tertiary/aromatic N) is 1. The van der Waals surface area contributed by atoms with Crippen LogP contribution >= 0.6 is 0 Å². The molecule has 30 heavy (non-hydrogen) atoms. The van der Waals surface area contributed by atoms with Gasteiger partial charge in [0.15, 0.2) is 13.2 Å². The fourth-order valence-corrected chi connectivity index (χ4v) is 3.01. The monoisotopic (exact) mass is 412 g/mol. The van der Waals surface area contributed by atoms with E-state index in [0.717, 1.165) is 11.3 Å². The highest BCUT2D eigenvalue weighted by atomic mass is 16.5. The topological polar surface area (TPSA) is 94.2 Å². The van der Waals surface area contributed by atoms with Gasteiger partial charge in [0, 0.05) is 13.1 Å². The van der Waals surface area contributed by atoms with Crippen molar-refractivity contribution in [2.24, 2.45) is 0 Å². The van der Waals surface area contributed by atoms with Gasteiger partial charge in [-0.15, -0.1) is 0 Å². The Bertz CT molecular complexity index is 897. The minimum absolute atomic E-state index is 0.0147. The number of benzene rings is 2. The second kappa shape index (κ2) is 10.3. The highest BCUT2D eigenvalue weighted by Gasteiger charge is 2.25. The second-order valence-electron chi connectivity index (χ2n) is 6.66. The van der Waals surface area contributed by atoms with Gasteiger partial charge < -0.3 is 24.4 Å². The molecule has 0 unspecified atom stereocenters. The summed E-state index contributed by atoms with van der Waals surface area (Å²) in [7, 11) is 1.61. The van der Waals surface area contributed by atoms with Crippen molar-refractivity contribution < 1.29 is 28.6 Å². The first-order valence-corrected chi connectivity index (χ1v) is 9.64. The third-order valence-electron chi connectivity index (χ3n) is 4.61. The van der Waals surface area contributed by atoms with Gasteiger partial charge in [-0.1, -0.05) is 24.3 Å². The van der Waals surface area contributed by atoms with Gasteiger partial charge in [0.2, 0.25) is 0 Å². The van der Waals surface area contributed by atoms with Crippen molar-refractivity contribution in [2.45, 2.75) is 12.8 Å². The quantitative estimate of drug-likeness (QED) is 0.631. The lowest BCUT2D eigenvalue weighted by molar-refractivity contribution is -0.148. The Balaban J connectivity index is 1.36. The van der Waals surface area contributed by atoms with Crippen molar-refractivity contribution in [3.63, 3.8) is 0 Å². The first-order chi connectivity index (χ1) is 14.6. The van der Waals surface area contributed by atoms with Gasteiger partial charge in [-0.25, -0.2) is 0 Å². The maximum atomic E-state index is 12.1. The maximum absolute atomic E-state index is 12.1. The average molecular weight is 412 g/mol. The molecule has 158 valence electrons. The standard InChI is InChI=1S/C22H24N2O6/c1-28-17-8-6-16(7-9-17)10-12-23-20(25)14-30-22(27)11-13-24-18-4-2-3-5-19(18)29-15-21(24)26/h2-9H,10-15H2,1H3,(H,23,25). The number of hydrogen-bond donors (Lipinski definition) is 1. The molecule has 1 aliphatic heterocycles. The number of nitrogens with one attached hydrogen (secondary N) is 1. The van der Waals surface area contributed by atoms with Crippen LogP contribution in [-0.4, -0.2) is 51.2 Å². The van der Waals surface area contributed by atoms with Crippen LogP contribution in [0.1, 0.15) is 12.0 Å². The summed E-state index contributed by atoms with van der Waals surface area (Å²) in [5.41, 5.74) is 1.68. The van der Waals surface area contributed by atoms with Gasteiger partial charge in [0.25, 0.3) is 11.8 Å². The molecule has 0 atom stereocenters. The fraction of sp³-hybridized carbons (Fsp3) is 0.318. The zero-order valence-corrected chi connectivity index (χ0v) is 16.8. The summed E-state index contributed by atoms with van der Waals surface area (Å²) < 4.78 is 15.5. The van der Waals surface area contributed by atoms with Crippen molar-refractivity contribution >= 4 is 23.5 Å². The first-order valence-electron chi connectivity index (χ1n) is 9.64. The largest absolute Gasteiger partial charge is 0.497 e. The number of carbonyl (C=O) groups excluding carboxylic acids is 3. The SMILES string of the molecule is COc1ccc(CCNC(=O)COC(=O)CCN2C(=O)COc3ccccc32)cc1. The predicted molar refractivity (Wildman–Crippen MR) is 110 cm³/mol. The Kier molecular flexibility index (Phi) is 7.26. The van der Waals surface area contributed by atoms with Crippen LogP contribution in [0, 0.1) is 0 Å². The van der Waals surface area contributed by atoms with Gasteiger partial charge in [0.05, 0.1) is 19.2 Å². The molecule has 0 radical (unpaired) electrons. The van der Waals surface area contributed by atoms with Gasteiger partial charge in [-0.05, 0) is 36.2 Å². The normalized spacial score (nSPS) is 12.6. The summed E-state index contributed by atoms with van der Waals surface area (Å²) in [6.07, 6.45) is 0.640. The molecule has 0 aliphatic carbocycles. The number of hydrogen-bond acceptors (Lipinski definition) is 6. The summed E-state index contributed by atoms with van der Waals surface area (Å²) in [6, 6.07) is 14.7. The molecule has 0 saturated carbocycles. The molecule has 1 aliphatic rings. The van der Waals surface area contributed by atoms with E-state index in [2.05, 4.69) is 5.32 Å². The lowest BCUT2D eigenvalue weighted by Crippen LogP contribution is -2.40. The molecule has 2 aromatic rings. The first kappa shape index (κ1) is 21.2. The molecule has 0 spiro atoms. The van der Waals surface area contributed by atoms with E-state index in [0.29, 0.717) is 24.4 Å². The van der Waals surface area contributed by atoms with E-state index in [1.54, 1.807) is 25.3 Å². The van der Waals surface area contributed by atoms with Crippen molar-refractivity contribution in [1.29, 1.82) is 0 Å². The summed E-state index contributed by atoms with van der Waals surface area (Å²) in [5, 5.41) is 2.71. The van der Waals surface area contributed by atoms with Crippen LogP contribution in [0.15, 0.2) is 48.5 Å². The number of fused-ring (bicyclic) bond motifs is 1. The van der Waals surface area contributed by atoms with Gasteiger partial charge in [-0.3, -0.25) is 14.4 Å². The minimum Gasteiger partial charge on any atom is -0.497 e. The van der Waals surface area contributed by atoms with E-state index in [9.17, 15) is 14.4 Å². The number of methoxy groups -OCH3 is 1. The van der Waals surface area contributed by atoms with Crippen LogP contribution in [0.5, 0.6) is 11.5 Å². The van der Waals surface area contributed by atoms with Crippen molar-refractivity contribution in [3.8, 4) is 11.5 Å². The Hall–Kier alpha value is -3.55. The number of anilines is 1. The molecule has 1 heterocycles. The predicted octanol–water partition coefficient (Wildman–Crippen LogP) is 1.71. The zero-order chi connectivity index (χ0) is 21.3. The van der Waals surface area contributed by atoms with Gasteiger partial charge >= 0.3 is 5.97 Å². The van der Waals surface area contributed by atoms with Crippen LogP contribution in [0.25, 0.3) is 0 Å². The molecule has 2 aromatic carbocycles. The number of rotatable bonds is 9. The Morgan fingerprint density at radius 3 is 2.67 bits per heavy atom. The Morgan fingerprint density at radius 2 is 1.90 bits per heavy atom. The Labute approximate surface area is 174 Å². The molecular formula is C22H24N2O6. The van der Waals surface area contributed by atoms with Gasteiger partial charge in [-0.2, -0.15) is 0 Å². The van der Waals surface area contributed by atoms with Crippen molar-refractivity contribution in [2.75, 3.05) is 38.3 Å². The van der Waals surface area contributed by atoms with Crippen LogP contribution in [0.3, 0.4) is 0 Å². The van der Waals surface area contributed by atoms with Crippen LogP contribution in [0.4, 0.5) is 5.69 Å². The Morgan fingerprint density at radius 1 is 1.13 bits per heavy atom. The molecule has 0 fully saturated rings. The summed E-state index contributed by atoms with van der Waals surface area (Å²) in [6.45, 7) is 0.177. The molecular weight excluding hydrogens is 388 g/mol. The average Bonchev–Trinajstić information content (AvgIpc) is 2.77. The molecule has 1 N–H and O–H groups in total. The minimum atomic E-state index is -0.544. The third-order valence-corrected chi connectivity index (χ3v) is 4.61. The van der Waals surface area contributed by atoms with E-state index < -0.39 is 5.97 Å². The summed E-state index contributed by atoms with van der Waals surface area (Å²) in [4.78, 5) is 37.4. The molecule has 0 aromatic heterocycles. The summed E-state index contributed by atoms with van der Waals surface area (Å²) in [5.74, 6) is 0.234. The zero-order valence-electron chi connectivity index (χ0n) is 16.8. The number of carbonyl (C=O) groups is 3.